The lowest BCUT2D eigenvalue weighted by Gasteiger charge is -2.12. The summed E-state index contributed by atoms with van der Waals surface area (Å²) in [6.07, 6.45) is 1.20. The molecule has 0 N–H and O–H groups in total. The third-order valence-electron chi connectivity index (χ3n) is 2.23. The molecule has 0 amide bonds. The van der Waals surface area contributed by atoms with E-state index in [0.717, 1.165) is 6.54 Å². The molecular weight excluding hydrogens is 166 g/mol. The summed E-state index contributed by atoms with van der Waals surface area (Å²) < 4.78 is 0. The highest BCUT2D eigenvalue weighted by Gasteiger charge is 2.00. The Balaban J connectivity index is 2.38. The van der Waals surface area contributed by atoms with Gasteiger partial charge in [-0.2, -0.15) is 0 Å². The molecule has 0 aliphatic carbocycles. The molecule has 0 saturated heterocycles. The van der Waals surface area contributed by atoms with Gasteiger partial charge in [-0.1, -0.05) is 6.92 Å². The fourth-order valence-electron chi connectivity index (χ4n) is 1.11. The van der Waals surface area contributed by atoms with Gasteiger partial charge in [0.1, 0.15) is 0 Å². The lowest BCUT2D eigenvalue weighted by Crippen LogP contribution is -2.20. The molecule has 0 spiro atoms. The van der Waals surface area contributed by atoms with Gasteiger partial charge < -0.3 is 4.90 Å². The maximum atomic E-state index is 2.35. The summed E-state index contributed by atoms with van der Waals surface area (Å²) in [5.41, 5.74) is 1.45. The predicted molar refractivity (Wildman–Crippen MR) is 55.9 cm³/mol. The molecule has 0 radical (unpaired) electrons. The zero-order valence-corrected chi connectivity index (χ0v) is 8.95. The first-order valence-corrected chi connectivity index (χ1v) is 5.33. The SMILES string of the molecule is CCN(C)CCc1sccc1C. The summed E-state index contributed by atoms with van der Waals surface area (Å²) in [4.78, 5) is 3.88. The van der Waals surface area contributed by atoms with Gasteiger partial charge in [0.05, 0.1) is 0 Å². The van der Waals surface area contributed by atoms with Crippen LogP contribution in [0.1, 0.15) is 17.4 Å². The van der Waals surface area contributed by atoms with Gasteiger partial charge in [0, 0.05) is 11.4 Å². The van der Waals surface area contributed by atoms with Crippen LogP contribution in [0.3, 0.4) is 0 Å². The van der Waals surface area contributed by atoms with Crippen LogP contribution in [0.4, 0.5) is 0 Å². The maximum Gasteiger partial charge on any atom is 0.00871 e. The van der Waals surface area contributed by atoms with Gasteiger partial charge in [-0.25, -0.2) is 0 Å². The molecule has 1 aromatic rings. The normalized spacial score (nSPS) is 11.0. The Bertz CT molecular complexity index is 229. The number of nitrogens with zero attached hydrogens (tertiary/aromatic N) is 1. The molecule has 68 valence electrons. The van der Waals surface area contributed by atoms with E-state index < -0.39 is 0 Å². The molecule has 0 aliphatic rings. The second kappa shape index (κ2) is 4.63. The molecule has 1 nitrogen and oxygen atoms in total. The summed E-state index contributed by atoms with van der Waals surface area (Å²) >= 11 is 1.88. The van der Waals surface area contributed by atoms with E-state index in [9.17, 15) is 0 Å². The largest absolute Gasteiger partial charge is 0.306 e. The molecule has 0 bridgehead atoms. The molecule has 0 fully saturated rings. The van der Waals surface area contributed by atoms with Gasteiger partial charge >= 0.3 is 0 Å². The molecule has 2 heteroatoms. The topological polar surface area (TPSA) is 3.24 Å². The second-order valence-electron chi connectivity index (χ2n) is 3.17. The minimum absolute atomic E-state index is 1.14. The summed E-state index contributed by atoms with van der Waals surface area (Å²) in [6, 6.07) is 2.20. The van der Waals surface area contributed by atoms with Crippen LogP contribution in [0.15, 0.2) is 11.4 Å². The van der Waals surface area contributed by atoms with Crippen molar-refractivity contribution in [3.8, 4) is 0 Å². The van der Waals surface area contributed by atoms with Crippen molar-refractivity contribution in [3.05, 3.63) is 21.9 Å². The highest BCUT2D eigenvalue weighted by Crippen LogP contribution is 2.15. The first-order valence-electron chi connectivity index (χ1n) is 4.45. The quantitative estimate of drug-likeness (QED) is 0.693. The maximum absolute atomic E-state index is 2.35. The smallest absolute Gasteiger partial charge is 0.00871 e. The van der Waals surface area contributed by atoms with Gasteiger partial charge in [-0.3, -0.25) is 0 Å². The zero-order valence-electron chi connectivity index (χ0n) is 8.13. The third kappa shape index (κ3) is 2.61. The monoisotopic (exact) mass is 183 g/mol. The van der Waals surface area contributed by atoms with Crippen LogP contribution >= 0.6 is 11.3 Å². The van der Waals surface area contributed by atoms with Gasteiger partial charge in [0.15, 0.2) is 0 Å². The molecule has 12 heavy (non-hydrogen) atoms. The Labute approximate surface area is 79.0 Å². The van der Waals surface area contributed by atoms with E-state index in [4.69, 9.17) is 0 Å². The Morgan fingerprint density at radius 3 is 2.75 bits per heavy atom. The molecule has 0 unspecified atom stereocenters. The number of likely N-dealkylation sites (N-methyl/N-ethyl adjacent to an activating group) is 1. The minimum Gasteiger partial charge on any atom is -0.306 e. The standard InChI is InChI=1S/C10H17NS/c1-4-11(3)7-5-10-9(2)6-8-12-10/h6,8H,4-5,7H2,1-3H3. The summed E-state index contributed by atoms with van der Waals surface area (Å²) in [5.74, 6) is 0. The van der Waals surface area contributed by atoms with Crippen molar-refractivity contribution in [1.82, 2.24) is 4.90 Å². The van der Waals surface area contributed by atoms with Crippen LogP contribution < -0.4 is 0 Å². The third-order valence-corrected chi connectivity index (χ3v) is 3.31. The average molecular weight is 183 g/mol. The van der Waals surface area contributed by atoms with Gasteiger partial charge in [0.2, 0.25) is 0 Å². The fraction of sp³-hybridized carbons (Fsp3) is 0.600. The summed E-state index contributed by atoms with van der Waals surface area (Å²) in [7, 11) is 2.17. The number of hydrogen-bond acceptors (Lipinski definition) is 2. The van der Waals surface area contributed by atoms with Crippen molar-refractivity contribution < 1.29 is 0 Å². The van der Waals surface area contributed by atoms with E-state index in [0.29, 0.717) is 0 Å². The zero-order chi connectivity index (χ0) is 8.97. The van der Waals surface area contributed by atoms with Crippen LogP contribution in [-0.2, 0) is 6.42 Å². The van der Waals surface area contributed by atoms with Crippen LogP contribution in [0.25, 0.3) is 0 Å². The van der Waals surface area contributed by atoms with Crippen LogP contribution in [0, 0.1) is 6.92 Å². The second-order valence-corrected chi connectivity index (χ2v) is 4.17. The molecule has 0 saturated carbocycles. The number of thiophene rings is 1. The molecule has 0 aliphatic heterocycles. The highest BCUT2D eigenvalue weighted by molar-refractivity contribution is 7.10. The van der Waals surface area contributed by atoms with E-state index in [-0.39, 0.29) is 0 Å². The lowest BCUT2D eigenvalue weighted by molar-refractivity contribution is 0.358. The van der Waals surface area contributed by atoms with Gasteiger partial charge in [0.25, 0.3) is 0 Å². The van der Waals surface area contributed by atoms with Crippen molar-refractivity contribution in [3.63, 3.8) is 0 Å². The minimum atomic E-state index is 1.14. The average Bonchev–Trinajstić information content (AvgIpc) is 2.47. The Morgan fingerprint density at radius 1 is 1.50 bits per heavy atom. The van der Waals surface area contributed by atoms with Crippen molar-refractivity contribution in [2.24, 2.45) is 0 Å². The van der Waals surface area contributed by atoms with Gasteiger partial charge in [-0.15, -0.1) is 11.3 Å². The number of rotatable bonds is 4. The fourth-order valence-corrected chi connectivity index (χ4v) is 2.01. The van der Waals surface area contributed by atoms with Crippen molar-refractivity contribution >= 4 is 11.3 Å². The molecular formula is C10H17NS. The molecule has 1 heterocycles. The Kier molecular flexibility index (Phi) is 3.76. The van der Waals surface area contributed by atoms with E-state index >= 15 is 0 Å². The first-order chi connectivity index (χ1) is 5.74. The Morgan fingerprint density at radius 2 is 2.25 bits per heavy atom. The Hall–Kier alpha value is -0.340. The van der Waals surface area contributed by atoms with Crippen molar-refractivity contribution in [2.75, 3.05) is 20.1 Å². The van der Waals surface area contributed by atoms with Crippen molar-refractivity contribution in [2.45, 2.75) is 20.3 Å². The molecule has 1 rings (SSSR count). The van der Waals surface area contributed by atoms with Gasteiger partial charge in [-0.05, 0) is 43.9 Å². The number of hydrogen-bond donors (Lipinski definition) is 0. The number of aryl methyl sites for hydroxylation is 1. The van der Waals surface area contributed by atoms with E-state index in [2.05, 4.69) is 37.2 Å². The predicted octanol–water partition coefficient (Wildman–Crippen LogP) is 2.55. The van der Waals surface area contributed by atoms with Crippen LogP contribution in [-0.4, -0.2) is 25.0 Å². The van der Waals surface area contributed by atoms with E-state index in [1.807, 2.05) is 11.3 Å². The summed E-state index contributed by atoms with van der Waals surface area (Å²) in [6.45, 7) is 6.71. The van der Waals surface area contributed by atoms with Crippen LogP contribution in [0.2, 0.25) is 0 Å². The molecule has 1 aromatic heterocycles. The first kappa shape index (κ1) is 9.75. The lowest BCUT2D eigenvalue weighted by atomic mass is 10.2. The molecule has 0 aromatic carbocycles. The van der Waals surface area contributed by atoms with E-state index in [1.165, 1.54) is 23.4 Å². The van der Waals surface area contributed by atoms with Crippen molar-refractivity contribution in [1.29, 1.82) is 0 Å². The molecule has 0 atom stereocenters. The van der Waals surface area contributed by atoms with Crippen LogP contribution in [0.5, 0.6) is 0 Å². The highest BCUT2D eigenvalue weighted by atomic mass is 32.1. The van der Waals surface area contributed by atoms with E-state index in [1.54, 1.807) is 0 Å². The summed E-state index contributed by atoms with van der Waals surface area (Å²) in [5, 5.41) is 2.18.